The number of aromatic carboxylic acids is 1. The Balaban J connectivity index is 2.90. The van der Waals surface area contributed by atoms with Crippen molar-refractivity contribution >= 4 is 11.8 Å². The van der Waals surface area contributed by atoms with Gasteiger partial charge < -0.3 is 10.0 Å². The van der Waals surface area contributed by atoms with Crippen LogP contribution in [0.2, 0.25) is 0 Å². The summed E-state index contributed by atoms with van der Waals surface area (Å²) < 4.78 is 0. The molecule has 1 N–H and O–H groups in total. The van der Waals surface area contributed by atoms with Crippen molar-refractivity contribution < 1.29 is 9.90 Å². The summed E-state index contributed by atoms with van der Waals surface area (Å²) in [4.78, 5) is 20.7. The summed E-state index contributed by atoms with van der Waals surface area (Å²) in [5, 5.41) is 8.84. The van der Waals surface area contributed by atoms with Gasteiger partial charge in [0.25, 0.3) is 0 Å². The summed E-state index contributed by atoms with van der Waals surface area (Å²) >= 11 is 0. The number of hydrogen-bond acceptors (Lipinski definition) is 4. The molecule has 0 saturated carbocycles. The van der Waals surface area contributed by atoms with E-state index in [0.29, 0.717) is 5.82 Å². The van der Waals surface area contributed by atoms with Gasteiger partial charge in [-0.15, -0.1) is 0 Å². The highest BCUT2D eigenvalue weighted by atomic mass is 16.4. The van der Waals surface area contributed by atoms with E-state index in [1.165, 1.54) is 12.4 Å². The zero-order chi connectivity index (χ0) is 12.0. The summed E-state index contributed by atoms with van der Waals surface area (Å²) in [5.41, 5.74) is 0.0437. The average Bonchev–Trinajstić information content (AvgIpc) is 2.29. The molecule has 0 atom stereocenters. The summed E-state index contributed by atoms with van der Waals surface area (Å²) in [7, 11) is 0. The third-order valence-corrected chi connectivity index (χ3v) is 2.18. The fourth-order valence-electron chi connectivity index (χ4n) is 1.52. The van der Waals surface area contributed by atoms with E-state index in [4.69, 9.17) is 5.11 Å². The molecule has 5 heteroatoms. The van der Waals surface area contributed by atoms with Crippen molar-refractivity contribution in [3.8, 4) is 0 Å². The second kappa shape index (κ2) is 6.05. The predicted octanol–water partition coefficient (Wildman–Crippen LogP) is 1.80. The maximum atomic E-state index is 10.8. The van der Waals surface area contributed by atoms with Crippen molar-refractivity contribution in [2.75, 3.05) is 18.0 Å². The van der Waals surface area contributed by atoms with Crippen LogP contribution in [0.15, 0.2) is 12.4 Å². The molecule has 0 aliphatic heterocycles. The third-order valence-electron chi connectivity index (χ3n) is 2.18. The minimum absolute atomic E-state index is 0.0437. The highest BCUT2D eigenvalue weighted by Gasteiger charge is 2.10. The molecule has 0 amide bonds. The Morgan fingerprint density at radius 1 is 1.31 bits per heavy atom. The summed E-state index contributed by atoms with van der Waals surface area (Å²) in [5.74, 6) is -0.326. The lowest BCUT2D eigenvalue weighted by Gasteiger charge is -2.22. The first-order valence-electron chi connectivity index (χ1n) is 5.49. The molecule has 1 heterocycles. The van der Waals surface area contributed by atoms with E-state index in [1.807, 2.05) is 0 Å². The quantitative estimate of drug-likeness (QED) is 0.796. The first kappa shape index (κ1) is 12.4. The van der Waals surface area contributed by atoms with Crippen molar-refractivity contribution in [2.45, 2.75) is 26.7 Å². The maximum absolute atomic E-state index is 10.8. The Bertz CT molecular complexity index is 349. The number of hydrogen-bond donors (Lipinski definition) is 1. The number of aromatic nitrogens is 2. The minimum Gasteiger partial charge on any atom is -0.477 e. The molecule has 0 saturated heterocycles. The van der Waals surface area contributed by atoms with E-state index in [1.54, 1.807) is 0 Å². The van der Waals surface area contributed by atoms with Crippen molar-refractivity contribution in [2.24, 2.45) is 0 Å². The van der Waals surface area contributed by atoms with Crippen molar-refractivity contribution in [3.63, 3.8) is 0 Å². The maximum Gasteiger partial charge on any atom is 0.354 e. The second-order valence-electron chi connectivity index (χ2n) is 3.55. The van der Waals surface area contributed by atoms with Gasteiger partial charge in [0.1, 0.15) is 12.1 Å². The topological polar surface area (TPSA) is 66.3 Å². The molecule has 1 rings (SSSR count). The van der Waals surface area contributed by atoms with Gasteiger partial charge in [-0.1, -0.05) is 13.8 Å². The van der Waals surface area contributed by atoms with Gasteiger partial charge in [0.2, 0.25) is 0 Å². The third kappa shape index (κ3) is 3.18. The number of carboxylic acid groups (broad SMARTS) is 1. The lowest BCUT2D eigenvalue weighted by molar-refractivity contribution is 0.0690. The van der Waals surface area contributed by atoms with Gasteiger partial charge >= 0.3 is 5.97 Å². The van der Waals surface area contributed by atoms with Crippen molar-refractivity contribution in [1.29, 1.82) is 0 Å². The van der Waals surface area contributed by atoms with Crippen molar-refractivity contribution in [3.05, 3.63) is 18.1 Å². The predicted molar refractivity (Wildman–Crippen MR) is 61.8 cm³/mol. The number of carbonyl (C=O) groups is 1. The van der Waals surface area contributed by atoms with Crippen LogP contribution >= 0.6 is 0 Å². The van der Waals surface area contributed by atoms with Gasteiger partial charge in [0, 0.05) is 19.2 Å². The zero-order valence-electron chi connectivity index (χ0n) is 9.68. The fourth-order valence-corrected chi connectivity index (χ4v) is 1.52. The number of rotatable bonds is 6. The monoisotopic (exact) mass is 223 g/mol. The molecule has 0 spiro atoms. The van der Waals surface area contributed by atoms with Crippen LogP contribution in [-0.2, 0) is 0 Å². The molecule has 0 fully saturated rings. The Morgan fingerprint density at radius 3 is 2.44 bits per heavy atom. The lowest BCUT2D eigenvalue weighted by Crippen LogP contribution is -2.26. The van der Waals surface area contributed by atoms with E-state index in [0.717, 1.165) is 25.9 Å². The zero-order valence-corrected chi connectivity index (χ0v) is 9.68. The van der Waals surface area contributed by atoms with Crippen LogP contribution in [0, 0.1) is 0 Å². The molecule has 0 aliphatic rings. The Labute approximate surface area is 95.1 Å². The van der Waals surface area contributed by atoms with Crippen LogP contribution in [0.4, 0.5) is 5.82 Å². The first-order valence-corrected chi connectivity index (χ1v) is 5.49. The van der Waals surface area contributed by atoms with Gasteiger partial charge in [-0.3, -0.25) is 0 Å². The molecule has 0 radical (unpaired) electrons. The first-order chi connectivity index (χ1) is 7.69. The number of nitrogens with zero attached hydrogens (tertiary/aromatic N) is 3. The molecule has 88 valence electrons. The summed E-state index contributed by atoms with van der Waals surface area (Å²) in [6, 6.07) is 1.52. The smallest absolute Gasteiger partial charge is 0.354 e. The Hall–Kier alpha value is -1.65. The molecular weight excluding hydrogens is 206 g/mol. The molecule has 1 aromatic heterocycles. The minimum atomic E-state index is -1.02. The number of carboxylic acids is 1. The van der Waals surface area contributed by atoms with Crippen LogP contribution in [-0.4, -0.2) is 34.1 Å². The molecule has 16 heavy (non-hydrogen) atoms. The van der Waals surface area contributed by atoms with Crippen LogP contribution in [0.25, 0.3) is 0 Å². The van der Waals surface area contributed by atoms with Gasteiger partial charge in [-0.2, -0.15) is 0 Å². The van der Waals surface area contributed by atoms with E-state index in [2.05, 4.69) is 28.7 Å². The van der Waals surface area contributed by atoms with E-state index in [9.17, 15) is 4.79 Å². The standard InChI is InChI=1S/C11H17N3O2/c1-3-5-14(6-4-2)10-7-9(11(15)16)12-8-13-10/h7-8H,3-6H2,1-2H3,(H,15,16). The molecule has 1 aromatic rings. The van der Waals surface area contributed by atoms with E-state index >= 15 is 0 Å². The number of anilines is 1. The molecule has 5 nitrogen and oxygen atoms in total. The Morgan fingerprint density at radius 2 is 1.94 bits per heavy atom. The fraction of sp³-hybridized carbons (Fsp3) is 0.545. The van der Waals surface area contributed by atoms with E-state index < -0.39 is 5.97 Å². The Kier molecular flexibility index (Phi) is 4.69. The summed E-state index contributed by atoms with van der Waals surface area (Å²) in [6.45, 7) is 5.93. The van der Waals surface area contributed by atoms with Gasteiger partial charge in [0.05, 0.1) is 0 Å². The highest BCUT2D eigenvalue weighted by molar-refractivity contribution is 5.86. The highest BCUT2D eigenvalue weighted by Crippen LogP contribution is 2.12. The molecule has 0 aliphatic carbocycles. The summed E-state index contributed by atoms with van der Waals surface area (Å²) in [6.07, 6.45) is 3.32. The normalized spacial score (nSPS) is 10.1. The van der Waals surface area contributed by atoms with Gasteiger partial charge in [-0.05, 0) is 12.8 Å². The van der Waals surface area contributed by atoms with E-state index in [-0.39, 0.29) is 5.69 Å². The van der Waals surface area contributed by atoms with Gasteiger partial charge in [-0.25, -0.2) is 14.8 Å². The van der Waals surface area contributed by atoms with Crippen molar-refractivity contribution in [1.82, 2.24) is 9.97 Å². The average molecular weight is 223 g/mol. The largest absolute Gasteiger partial charge is 0.477 e. The second-order valence-corrected chi connectivity index (χ2v) is 3.55. The molecule has 0 unspecified atom stereocenters. The van der Waals surface area contributed by atoms with Crippen LogP contribution in [0.3, 0.4) is 0 Å². The van der Waals surface area contributed by atoms with Crippen LogP contribution < -0.4 is 4.90 Å². The van der Waals surface area contributed by atoms with Crippen LogP contribution in [0.5, 0.6) is 0 Å². The molecule has 0 aromatic carbocycles. The van der Waals surface area contributed by atoms with Gasteiger partial charge in [0.15, 0.2) is 5.69 Å². The van der Waals surface area contributed by atoms with Crippen LogP contribution in [0.1, 0.15) is 37.2 Å². The molecular formula is C11H17N3O2. The SMILES string of the molecule is CCCN(CCC)c1cc(C(=O)O)ncn1. The lowest BCUT2D eigenvalue weighted by atomic mass is 10.3. The molecule has 0 bridgehead atoms.